The Morgan fingerprint density at radius 1 is 1.06 bits per heavy atom. The average Bonchev–Trinajstić information content (AvgIpc) is 3.67. The van der Waals surface area contributed by atoms with Gasteiger partial charge in [0.15, 0.2) is 5.76 Å². The van der Waals surface area contributed by atoms with Gasteiger partial charge in [0, 0.05) is 16.1 Å². The van der Waals surface area contributed by atoms with Gasteiger partial charge in [-0.05, 0) is 85.4 Å². The minimum absolute atomic E-state index is 0.508. The predicted octanol–water partition coefficient (Wildman–Crippen LogP) is 8.26. The fourth-order valence-electron chi connectivity index (χ4n) is 5.10. The van der Waals surface area contributed by atoms with Crippen LogP contribution in [0.3, 0.4) is 0 Å². The summed E-state index contributed by atoms with van der Waals surface area (Å²) in [5, 5.41) is 7.50. The van der Waals surface area contributed by atoms with Crippen LogP contribution in [-0.2, 0) is 17.6 Å². The zero-order valence-electron chi connectivity index (χ0n) is 20.3. The number of aromatic nitrogens is 1. The van der Waals surface area contributed by atoms with Gasteiger partial charge in [-0.3, -0.25) is 5.32 Å². The molecule has 0 saturated heterocycles. The minimum atomic E-state index is -0.590. The summed E-state index contributed by atoms with van der Waals surface area (Å²) in [6.07, 6.45) is 3.53. The first-order valence-electron chi connectivity index (χ1n) is 12.4. The second kappa shape index (κ2) is 9.14. The molecule has 0 unspecified atom stereocenters. The Bertz CT molecular complexity index is 1470. The Kier molecular flexibility index (Phi) is 5.81. The maximum Gasteiger partial charge on any atom is 0.412 e. The van der Waals surface area contributed by atoms with Gasteiger partial charge in [0.05, 0.1) is 0 Å². The number of hydrogen-bond acceptors (Lipinski definition) is 4. The Morgan fingerprint density at radius 3 is 2.53 bits per heavy atom. The zero-order valence-corrected chi connectivity index (χ0v) is 21.1. The number of halogens is 1. The monoisotopic (exact) mass is 498 g/mol. The molecular weight excluding hydrogens is 472 g/mol. The van der Waals surface area contributed by atoms with Gasteiger partial charge >= 0.3 is 6.09 Å². The number of nitrogens with one attached hydrogen (secondary N) is 1. The van der Waals surface area contributed by atoms with Crippen LogP contribution in [0.2, 0.25) is 5.02 Å². The molecule has 1 amide bonds. The van der Waals surface area contributed by atoms with Crippen LogP contribution in [0.4, 0.5) is 10.5 Å². The number of benzene rings is 3. The maximum atomic E-state index is 12.7. The Hall–Kier alpha value is -3.57. The van der Waals surface area contributed by atoms with Gasteiger partial charge in [0.1, 0.15) is 17.5 Å². The normalized spacial score (nSPS) is 15.1. The minimum Gasteiger partial charge on any atom is -0.441 e. The predicted molar refractivity (Wildman–Crippen MR) is 141 cm³/mol. The molecule has 5 nitrogen and oxygen atoms in total. The molecule has 2 aliphatic rings. The molecule has 6 heteroatoms. The third kappa shape index (κ3) is 4.28. The van der Waals surface area contributed by atoms with Crippen molar-refractivity contribution < 1.29 is 14.1 Å². The highest BCUT2D eigenvalue weighted by atomic mass is 35.5. The van der Waals surface area contributed by atoms with Gasteiger partial charge in [0.2, 0.25) is 0 Å². The van der Waals surface area contributed by atoms with Crippen LogP contribution in [0, 0.1) is 6.92 Å². The second-order valence-electron chi connectivity index (χ2n) is 9.73. The highest BCUT2D eigenvalue weighted by Crippen LogP contribution is 2.44. The highest BCUT2D eigenvalue weighted by Gasteiger charge is 2.26. The molecule has 1 fully saturated rings. The van der Waals surface area contributed by atoms with Gasteiger partial charge in [0.25, 0.3) is 0 Å². The van der Waals surface area contributed by atoms with Crippen LogP contribution < -0.4 is 5.32 Å². The lowest BCUT2D eigenvalue weighted by atomic mass is 9.83. The lowest BCUT2D eigenvalue weighted by molar-refractivity contribution is 0.121. The molecule has 0 aliphatic heterocycles. The van der Waals surface area contributed by atoms with E-state index in [4.69, 9.17) is 20.9 Å². The first kappa shape index (κ1) is 22.9. The molecule has 1 atom stereocenters. The lowest BCUT2D eigenvalue weighted by Gasteiger charge is -2.21. The van der Waals surface area contributed by atoms with E-state index in [2.05, 4.69) is 40.8 Å². The number of rotatable bonds is 5. The molecule has 1 aromatic heterocycles. The third-order valence-electron chi connectivity index (χ3n) is 7.22. The first-order chi connectivity index (χ1) is 17.5. The number of anilines is 1. The topological polar surface area (TPSA) is 64.4 Å². The molecule has 6 rings (SSSR count). The standard InChI is InChI=1S/C30H27ClN2O3/c1-17-28(32-30(34)35-18(2)24-5-3-4-6-27(24)31)29(36-33-17)23-12-14-26-22(16-23)10-9-21-15-20(19-7-8-19)11-13-25(21)26/h3-6,11-16,18-19H,7-10H2,1-2H3,(H,32,34)/t18-/m1/s1. The zero-order chi connectivity index (χ0) is 24.8. The van der Waals surface area contributed by atoms with Crippen LogP contribution in [0.1, 0.15) is 59.7 Å². The van der Waals surface area contributed by atoms with E-state index in [9.17, 15) is 4.79 Å². The smallest absolute Gasteiger partial charge is 0.412 e. The van der Waals surface area contributed by atoms with Crippen molar-refractivity contribution in [2.45, 2.75) is 51.6 Å². The number of fused-ring (bicyclic) bond motifs is 3. The molecule has 36 heavy (non-hydrogen) atoms. The summed E-state index contributed by atoms with van der Waals surface area (Å²) in [6, 6.07) is 20.6. The van der Waals surface area contributed by atoms with Crippen LogP contribution >= 0.6 is 11.6 Å². The maximum absolute atomic E-state index is 12.7. The molecule has 1 heterocycles. The summed E-state index contributed by atoms with van der Waals surface area (Å²) in [5.74, 6) is 1.28. The number of ether oxygens (including phenoxy) is 1. The fraction of sp³-hybridized carbons (Fsp3) is 0.267. The van der Waals surface area contributed by atoms with Crippen LogP contribution in [0.5, 0.6) is 0 Å². The molecular formula is C30H27ClN2O3. The molecule has 3 aromatic carbocycles. The van der Waals surface area contributed by atoms with Crippen LogP contribution in [0.25, 0.3) is 22.5 Å². The summed E-state index contributed by atoms with van der Waals surface area (Å²) in [7, 11) is 0. The van der Waals surface area contributed by atoms with Crippen molar-refractivity contribution >= 4 is 23.4 Å². The number of amides is 1. The van der Waals surface area contributed by atoms with E-state index < -0.39 is 12.2 Å². The molecule has 4 aromatic rings. The molecule has 0 bridgehead atoms. The van der Waals surface area contributed by atoms with E-state index in [1.807, 2.05) is 24.3 Å². The summed E-state index contributed by atoms with van der Waals surface area (Å²) in [5.41, 5.74) is 9.49. The fourth-order valence-corrected chi connectivity index (χ4v) is 5.39. The number of carbonyl (C=O) groups is 1. The highest BCUT2D eigenvalue weighted by molar-refractivity contribution is 6.31. The van der Waals surface area contributed by atoms with Crippen LogP contribution in [-0.4, -0.2) is 11.2 Å². The number of aryl methyl sites for hydroxylation is 3. The number of hydrogen-bond donors (Lipinski definition) is 1. The van der Waals surface area contributed by atoms with E-state index >= 15 is 0 Å². The van der Waals surface area contributed by atoms with Crippen molar-refractivity contribution in [3.63, 3.8) is 0 Å². The van der Waals surface area contributed by atoms with E-state index in [1.54, 1.807) is 19.9 Å². The van der Waals surface area contributed by atoms with E-state index in [-0.39, 0.29) is 0 Å². The van der Waals surface area contributed by atoms with E-state index in [0.29, 0.717) is 22.2 Å². The van der Waals surface area contributed by atoms with Crippen molar-refractivity contribution in [1.29, 1.82) is 0 Å². The summed E-state index contributed by atoms with van der Waals surface area (Å²) in [4.78, 5) is 12.7. The van der Waals surface area contributed by atoms with Crippen molar-refractivity contribution in [1.82, 2.24) is 5.16 Å². The van der Waals surface area contributed by atoms with Crippen molar-refractivity contribution in [3.05, 3.63) is 93.6 Å². The van der Waals surface area contributed by atoms with Gasteiger partial charge in [-0.15, -0.1) is 0 Å². The third-order valence-corrected chi connectivity index (χ3v) is 7.56. The molecule has 2 aliphatic carbocycles. The number of carbonyl (C=O) groups excluding carboxylic acids is 1. The SMILES string of the molecule is Cc1noc(-c2ccc3c(c2)CCc2cc(C4CC4)ccc2-3)c1NC(=O)O[C@H](C)c1ccccc1Cl. The molecule has 0 spiro atoms. The van der Waals surface area contributed by atoms with E-state index in [1.165, 1.54) is 40.7 Å². The van der Waals surface area contributed by atoms with Gasteiger partial charge < -0.3 is 9.26 Å². The Morgan fingerprint density at radius 2 is 1.78 bits per heavy atom. The summed E-state index contributed by atoms with van der Waals surface area (Å²) >= 11 is 6.25. The van der Waals surface area contributed by atoms with Gasteiger partial charge in [-0.25, -0.2) is 4.79 Å². The lowest BCUT2D eigenvalue weighted by Crippen LogP contribution is -2.17. The average molecular weight is 499 g/mol. The molecule has 182 valence electrons. The van der Waals surface area contributed by atoms with Crippen molar-refractivity contribution in [3.8, 4) is 22.5 Å². The first-order valence-corrected chi connectivity index (χ1v) is 12.8. The van der Waals surface area contributed by atoms with Gasteiger partial charge in [-0.2, -0.15) is 0 Å². The molecule has 1 saturated carbocycles. The largest absolute Gasteiger partial charge is 0.441 e. The van der Waals surface area contributed by atoms with Crippen LogP contribution in [0.15, 0.2) is 65.2 Å². The van der Waals surface area contributed by atoms with Crippen molar-refractivity contribution in [2.75, 3.05) is 5.32 Å². The Labute approximate surface area is 215 Å². The summed E-state index contributed by atoms with van der Waals surface area (Å²) < 4.78 is 11.3. The summed E-state index contributed by atoms with van der Waals surface area (Å²) in [6.45, 7) is 3.59. The number of nitrogens with zero attached hydrogens (tertiary/aromatic N) is 1. The van der Waals surface area contributed by atoms with Gasteiger partial charge in [-0.1, -0.05) is 65.3 Å². The quantitative estimate of drug-likeness (QED) is 0.301. The molecule has 0 radical (unpaired) electrons. The second-order valence-corrected chi connectivity index (χ2v) is 10.1. The van der Waals surface area contributed by atoms with E-state index in [0.717, 1.165) is 29.9 Å². The Balaban J connectivity index is 1.24. The molecule has 1 N–H and O–H groups in total. The van der Waals surface area contributed by atoms with Crippen molar-refractivity contribution in [2.24, 2.45) is 0 Å².